The van der Waals surface area contributed by atoms with Crippen LogP contribution < -0.4 is 9.47 Å². The zero-order valence-corrected chi connectivity index (χ0v) is 16.5. The molecule has 0 N–H and O–H groups in total. The zero-order chi connectivity index (χ0) is 19.5. The highest BCUT2D eigenvalue weighted by atomic mass is 32.2. The van der Waals surface area contributed by atoms with E-state index >= 15 is 0 Å². The van der Waals surface area contributed by atoms with Gasteiger partial charge in [-0.15, -0.1) is 10.2 Å². The summed E-state index contributed by atoms with van der Waals surface area (Å²) in [6.45, 7) is 5.30. The molecule has 0 radical (unpaired) electrons. The minimum Gasteiger partial charge on any atom is -0.490 e. The van der Waals surface area contributed by atoms with Crippen LogP contribution in [0.1, 0.15) is 27.9 Å². The van der Waals surface area contributed by atoms with Gasteiger partial charge in [0.2, 0.25) is 5.89 Å². The maximum absolute atomic E-state index is 12.5. The SMILES string of the molecule is Cc1ccc(-c2nnc(SCC(=O)c3ccc4c(c3)OCCCO4)o2)cc1C. The number of ketones is 1. The Morgan fingerprint density at radius 3 is 2.64 bits per heavy atom. The van der Waals surface area contributed by atoms with Gasteiger partial charge in [-0.25, -0.2) is 0 Å². The van der Waals surface area contributed by atoms with Crippen molar-refractivity contribution in [2.24, 2.45) is 0 Å². The van der Waals surface area contributed by atoms with Crippen molar-refractivity contribution in [3.05, 3.63) is 53.1 Å². The van der Waals surface area contributed by atoms with E-state index in [0.717, 1.165) is 17.5 Å². The van der Waals surface area contributed by atoms with Crippen molar-refractivity contribution in [1.82, 2.24) is 10.2 Å². The summed E-state index contributed by atoms with van der Waals surface area (Å²) in [7, 11) is 0. The van der Waals surface area contributed by atoms with Crippen molar-refractivity contribution in [3.63, 3.8) is 0 Å². The molecule has 0 spiro atoms. The molecule has 0 fully saturated rings. The predicted octanol–water partition coefficient (Wildman–Crippen LogP) is 4.49. The molecule has 1 aliphatic rings. The summed E-state index contributed by atoms with van der Waals surface area (Å²) in [6, 6.07) is 11.3. The third-order valence-electron chi connectivity index (χ3n) is 4.56. The molecule has 0 unspecified atom stereocenters. The first-order valence-electron chi connectivity index (χ1n) is 9.07. The predicted molar refractivity (Wildman–Crippen MR) is 106 cm³/mol. The van der Waals surface area contributed by atoms with Crippen LogP contribution in [0.25, 0.3) is 11.5 Å². The highest BCUT2D eigenvalue weighted by Crippen LogP contribution is 2.31. The number of carbonyl (C=O) groups is 1. The Kier molecular flexibility index (Phi) is 5.34. The molecule has 6 nitrogen and oxygen atoms in total. The Bertz CT molecular complexity index is 1020. The summed E-state index contributed by atoms with van der Waals surface area (Å²) < 4.78 is 16.9. The first kappa shape index (κ1) is 18.6. The van der Waals surface area contributed by atoms with Gasteiger partial charge in [0.25, 0.3) is 5.22 Å². The third-order valence-corrected chi connectivity index (χ3v) is 5.38. The second kappa shape index (κ2) is 8.06. The summed E-state index contributed by atoms with van der Waals surface area (Å²) in [5.74, 6) is 1.91. The van der Waals surface area contributed by atoms with Crippen molar-refractivity contribution in [2.45, 2.75) is 25.5 Å². The number of nitrogens with zero attached hydrogens (tertiary/aromatic N) is 2. The number of aryl methyl sites for hydroxylation is 2. The molecule has 0 amide bonds. The lowest BCUT2D eigenvalue weighted by Crippen LogP contribution is -2.03. The van der Waals surface area contributed by atoms with Crippen LogP contribution in [0, 0.1) is 13.8 Å². The number of ether oxygens (including phenoxy) is 2. The smallest absolute Gasteiger partial charge is 0.277 e. The van der Waals surface area contributed by atoms with Crippen LogP contribution in [0.2, 0.25) is 0 Å². The molecule has 7 heteroatoms. The molecular weight excluding hydrogens is 376 g/mol. The van der Waals surface area contributed by atoms with Gasteiger partial charge in [0.15, 0.2) is 17.3 Å². The molecule has 2 heterocycles. The Labute approximate surface area is 167 Å². The number of benzene rings is 2. The number of hydrogen-bond donors (Lipinski definition) is 0. The van der Waals surface area contributed by atoms with Crippen LogP contribution in [0.5, 0.6) is 11.5 Å². The summed E-state index contributed by atoms with van der Waals surface area (Å²) in [6.07, 6.45) is 0.827. The van der Waals surface area contributed by atoms with Crippen LogP contribution in [-0.2, 0) is 0 Å². The first-order chi connectivity index (χ1) is 13.6. The monoisotopic (exact) mass is 396 g/mol. The van der Waals surface area contributed by atoms with E-state index in [1.807, 2.05) is 25.1 Å². The average molecular weight is 396 g/mol. The fourth-order valence-electron chi connectivity index (χ4n) is 2.81. The van der Waals surface area contributed by atoms with Gasteiger partial charge in [0.05, 0.1) is 19.0 Å². The van der Waals surface area contributed by atoms with E-state index in [1.165, 1.54) is 17.3 Å². The molecule has 2 aromatic carbocycles. The quantitative estimate of drug-likeness (QED) is 0.465. The Balaban J connectivity index is 1.42. The number of aromatic nitrogens is 2. The third kappa shape index (κ3) is 4.04. The lowest BCUT2D eigenvalue weighted by molar-refractivity contribution is 0.102. The molecule has 1 aliphatic heterocycles. The number of fused-ring (bicyclic) bond motifs is 1. The van der Waals surface area contributed by atoms with Crippen LogP contribution in [0.4, 0.5) is 0 Å². The normalized spacial score (nSPS) is 13.2. The Morgan fingerprint density at radius 1 is 1.00 bits per heavy atom. The molecule has 1 aromatic heterocycles. The minimum absolute atomic E-state index is 0.0356. The van der Waals surface area contributed by atoms with Gasteiger partial charge >= 0.3 is 0 Å². The van der Waals surface area contributed by atoms with E-state index in [0.29, 0.717) is 41.4 Å². The number of hydrogen-bond acceptors (Lipinski definition) is 7. The zero-order valence-electron chi connectivity index (χ0n) is 15.7. The lowest BCUT2D eigenvalue weighted by Gasteiger charge is -2.08. The Morgan fingerprint density at radius 2 is 1.82 bits per heavy atom. The maximum Gasteiger partial charge on any atom is 0.277 e. The fourth-order valence-corrected chi connectivity index (χ4v) is 3.46. The summed E-state index contributed by atoms with van der Waals surface area (Å²) in [5.41, 5.74) is 3.82. The molecule has 4 rings (SSSR count). The standard InChI is InChI=1S/C21H20N2O4S/c1-13-4-5-16(10-14(13)2)20-22-23-21(27-20)28-12-17(24)15-6-7-18-19(11-15)26-9-3-8-25-18/h4-7,10-11H,3,8-9,12H2,1-2H3. The number of thioether (sulfide) groups is 1. The van der Waals surface area contributed by atoms with Crippen LogP contribution in [-0.4, -0.2) is 34.9 Å². The van der Waals surface area contributed by atoms with E-state index in [1.54, 1.807) is 18.2 Å². The molecule has 28 heavy (non-hydrogen) atoms. The molecule has 0 atom stereocenters. The number of carbonyl (C=O) groups excluding carboxylic acids is 1. The molecule has 0 saturated carbocycles. The molecule has 3 aromatic rings. The summed E-state index contributed by atoms with van der Waals surface area (Å²) in [4.78, 5) is 12.5. The fraction of sp³-hybridized carbons (Fsp3) is 0.286. The highest BCUT2D eigenvalue weighted by molar-refractivity contribution is 7.99. The van der Waals surface area contributed by atoms with Gasteiger partial charge in [-0.05, 0) is 55.3 Å². The van der Waals surface area contributed by atoms with Gasteiger partial charge in [-0.3, -0.25) is 4.79 Å². The maximum atomic E-state index is 12.5. The van der Waals surface area contributed by atoms with E-state index in [2.05, 4.69) is 17.1 Å². The molecule has 144 valence electrons. The summed E-state index contributed by atoms with van der Waals surface area (Å²) in [5, 5.41) is 8.50. The van der Waals surface area contributed by atoms with E-state index in [4.69, 9.17) is 13.9 Å². The largest absolute Gasteiger partial charge is 0.490 e. The average Bonchev–Trinajstić information content (AvgIpc) is 3.05. The highest BCUT2D eigenvalue weighted by Gasteiger charge is 2.16. The number of rotatable bonds is 5. The second-order valence-corrected chi connectivity index (χ2v) is 7.52. The Hall–Kier alpha value is -2.80. The van der Waals surface area contributed by atoms with Gasteiger partial charge in [-0.1, -0.05) is 17.8 Å². The van der Waals surface area contributed by atoms with E-state index < -0.39 is 0 Å². The van der Waals surface area contributed by atoms with Crippen molar-refractivity contribution in [2.75, 3.05) is 19.0 Å². The van der Waals surface area contributed by atoms with Crippen LogP contribution >= 0.6 is 11.8 Å². The topological polar surface area (TPSA) is 74.5 Å². The summed E-state index contributed by atoms with van der Waals surface area (Å²) >= 11 is 1.23. The van der Waals surface area contributed by atoms with E-state index in [-0.39, 0.29) is 11.5 Å². The van der Waals surface area contributed by atoms with Crippen LogP contribution in [0.3, 0.4) is 0 Å². The van der Waals surface area contributed by atoms with Gasteiger partial charge in [0, 0.05) is 17.5 Å². The van der Waals surface area contributed by atoms with Crippen LogP contribution in [0.15, 0.2) is 46.0 Å². The van der Waals surface area contributed by atoms with Gasteiger partial charge < -0.3 is 13.9 Å². The molecule has 0 saturated heterocycles. The molecular formula is C21H20N2O4S. The van der Waals surface area contributed by atoms with Crippen molar-refractivity contribution in [1.29, 1.82) is 0 Å². The van der Waals surface area contributed by atoms with Gasteiger partial charge in [0.1, 0.15) is 0 Å². The first-order valence-corrected chi connectivity index (χ1v) is 10.1. The van der Waals surface area contributed by atoms with Gasteiger partial charge in [-0.2, -0.15) is 0 Å². The number of Topliss-reactive ketones (excluding diaryl/α,β-unsaturated/α-hetero) is 1. The molecule has 0 bridgehead atoms. The van der Waals surface area contributed by atoms with Crippen molar-refractivity contribution < 1.29 is 18.7 Å². The lowest BCUT2D eigenvalue weighted by atomic mass is 10.1. The van der Waals surface area contributed by atoms with Crippen molar-refractivity contribution >= 4 is 17.5 Å². The van der Waals surface area contributed by atoms with Crippen molar-refractivity contribution in [3.8, 4) is 23.0 Å². The molecule has 0 aliphatic carbocycles. The minimum atomic E-state index is -0.0356. The second-order valence-electron chi connectivity index (χ2n) is 6.60. The van der Waals surface area contributed by atoms with E-state index in [9.17, 15) is 4.79 Å².